The Morgan fingerprint density at radius 1 is 1.18 bits per heavy atom. The molecule has 1 saturated carbocycles. The third-order valence-corrected chi connectivity index (χ3v) is 7.99. The van der Waals surface area contributed by atoms with Crippen LogP contribution in [-0.2, 0) is 11.3 Å². The average Bonchev–Trinajstić information content (AvgIpc) is 3.50. The Labute approximate surface area is 225 Å². The summed E-state index contributed by atoms with van der Waals surface area (Å²) in [5, 5.41) is 27.8. The van der Waals surface area contributed by atoms with Gasteiger partial charge in [0.2, 0.25) is 11.8 Å². The second-order valence-corrected chi connectivity index (χ2v) is 11.4. The summed E-state index contributed by atoms with van der Waals surface area (Å²) < 4.78 is 2.65. The van der Waals surface area contributed by atoms with E-state index in [-0.39, 0.29) is 23.4 Å². The van der Waals surface area contributed by atoms with E-state index in [1.165, 1.54) is 15.5 Å². The van der Waals surface area contributed by atoms with Gasteiger partial charge in [0, 0.05) is 43.9 Å². The van der Waals surface area contributed by atoms with Gasteiger partial charge in [0.25, 0.3) is 11.5 Å². The SMILES string of the molecule is Cc1nn2c(=O)c(C(=O)NC3CC3)c(O)n(CC(C)C)c2c1C=CC(=O)N1CCCC12CCCN(C(=O)O)C2. The Hall–Kier alpha value is -3.83. The van der Waals surface area contributed by atoms with Crippen LogP contribution in [0.3, 0.4) is 0 Å². The summed E-state index contributed by atoms with van der Waals surface area (Å²) in [4.78, 5) is 54.5. The fraction of sp³-hybridized carbons (Fsp3) is 0.593. The molecular weight excluding hydrogens is 504 g/mol. The number of carboxylic acid groups (broad SMARTS) is 1. The number of aromatic hydroxyl groups is 1. The van der Waals surface area contributed by atoms with E-state index in [2.05, 4.69) is 10.4 Å². The average molecular weight is 541 g/mol. The molecule has 12 nitrogen and oxygen atoms in total. The highest BCUT2D eigenvalue weighted by Gasteiger charge is 2.46. The zero-order valence-corrected chi connectivity index (χ0v) is 22.6. The number of amides is 3. The Bertz CT molecular complexity index is 1420. The van der Waals surface area contributed by atoms with E-state index in [0.29, 0.717) is 49.5 Å². The molecule has 0 bridgehead atoms. The maximum atomic E-state index is 13.5. The molecule has 1 atom stereocenters. The van der Waals surface area contributed by atoms with E-state index in [1.54, 1.807) is 17.9 Å². The van der Waals surface area contributed by atoms with Crippen molar-refractivity contribution in [3.8, 4) is 5.88 Å². The molecule has 2 saturated heterocycles. The molecule has 5 rings (SSSR count). The van der Waals surface area contributed by atoms with Crippen molar-refractivity contribution in [1.82, 2.24) is 29.3 Å². The molecule has 12 heteroatoms. The number of rotatable bonds is 6. The number of carbonyl (C=O) groups is 3. The summed E-state index contributed by atoms with van der Waals surface area (Å²) in [6, 6.07) is 0.00929. The molecule has 1 unspecified atom stereocenters. The van der Waals surface area contributed by atoms with Gasteiger partial charge in [0.15, 0.2) is 5.56 Å². The molecule has 1 aliphatic carbocycles. The largest absolute Gasteiger partial charge is 0.494 e. The molecule has 3 N–H and O–H groups in total. The number of carbonyl (C=O) groups excluding carboxylic acids is 2. The van der Waals surface area contributed by atoms with Crippen molar-refractivity contribution in [2.75, 3.05) is 19.6 Å². The zero-order chi connectivity index (χ0) is 28.1. The van der Waals surface area contributed by atoms with Gasteiger partial charge in [-0.2, -0.15) is 9.61 Å². The summed E-state index contributed by atoms with van der Waals surface area (Å²) in [6.45, 7) is 7.25. The first-order valence-electron chi connectivity index (χ1n) is 13.7. The number of likely N-dealkylation sites (tertiary alicyclic amines) is 2. The maximum Gasteiger partial charge on any atom is 0.407 e. The van der Waals surface area contributed by atoms with Gasteiger partial charge in [0.05, 0.1) is 11.2 Å². The molecule has 2 aliphatic heterocycles. The summed E-state index contributed by atoms with van der Waals surface area (Å²) in [5.74, 6) is -1.21. The number of fused-ring (bicyclic) bond motifs is 1. The molecule has 39 heavy (non-hydrogen) atoms. The maximum absolute atomic E-state index is 13.5. The van der Waals surface area contributed by atoms with Crippen molar-refractivity contribution < 1.29 is 24.6 Å². The van der Waals surface area contributed by atoms with Crippen molar-refractivity contribution in [1.29, 1.82) is 0 Å². The first-order chi connectivity index (χ1) is 18.5. The van der Waals surface area contributed by atoms with Gasteiger partial charge in [0.1, 0.15) is 5.65 Å². The van der Waals surface area contributed by atoms with Crippen LogP contribution in [0.2, 0.25) is 0 Å². The third-order valence-electron chi connectivity index (χ3n) is 7.99. The monoisotopic (exact) mass is 540 g/mol. The summed E-state index contributed by atoms with van der Waals surface area (Å²) in [5.41, 5.74) is -0.307. The number of hydrogen-bond donors (Lipinski definition) is 3. The lowest BCUT2D eigenvalue weighted by atomic mass is 9.86. The molecule has 2 aromatic heterocycles. The molecular formula is C27H36N6O6. The van der Waals surface area contributed by atoms with Crippen LogP contribution in [0.4, 0.5) is 4.79 Å². The van der Waals surface area contributed by atoms with Gasteiger partial charge in [-0.1, -0.05) is 13.8 Å². The molecule has 3 amide bonds. The van der Waals surface area contributed by atoms with Crippen LogP contribution < -0.4 is 10.9 Å². The Balaban J connectivity index is 1.52. The van der Waals surface area contributed by atoms with Crippen LogP contribution >= 0.6 is 0 Å². The smallest absolute Gasteiger partial charge is 0.407 e. The second-order valence-electron chi connectivity index (χ2n) is 11.4. The van der Waals surface area contributed by atoms with Crippen molar-refractivity contribution in [3.05, 3.63) is 33.3 Å². The number of hydrogen-bond acceptors (Lipinski definition) is 6. The molecule has 0 radical (unpaired) electrons. The number of nitrogens with one attached hydrogen (secondary N) is 1. The lowest BCUT2D eigenvalue weighted by Gasteiger charge is -2.44. The first-order valence-corrected chi connectivity index (χ1v) is 13.7. The van der Waals surface area contributed by atoms with Gasteiger partial charge >= 0.3 is 6.09 Å². The van der Waals surface area contributed by atoms with Crippen molar-refractivity contribution >= 4 is 29.6 Å². The number of aromatic nitrogens is 3. The van der Waals surface area contributed by atoms with Crippen molar-refractivity contribution in [2.24, 2.45) is 5.92 Å². The van der Waals surface area contributed by atoms with Gasteiger partial charge in [-0.05, 0) is 57.4 Å². The second kappa shape index (κ2) is 10.0. The van der Waals surface area contributed by atoms with Gasteiger partial charge < -0.3 is 25.3 Å². The van der Waals surface area contributed by atoms with E-state index in [4.69, 9.17) is 0 Å². The van der Waals surface area contributed by atoms with E-state index >= 15 is 0 Å². The minimum Gasteiger partial charge on any atom is -0.494 e. The zero-order valence-electron chi connectivity index (χ0n) is 22.6. The third kappa shape index (κ3) is 4.87. The minimum atomic E-state index is -0.973. The van der Waals surface area contributed by atoms with Gasteiger partial charge in [-0.3, -0.25) is 19.0 Å². The Kier molecular flexibility index (Phi) is 6.90. The normalized spacial score (nSPS) is 21.5. The van der Waals surface area contributed by atoms with E-state index in [9.17, 15) is 29.4 Å². The molecule has 0 aromatic carbocycles. The number of aryl methyl sites for hydroxylation is 1. The summed E-state index contributed by atoms with van der Waals surface area (Å²) in [7, 11) is 0. The Morgan fingerprint density at radius 2 is 1.87 bits per heavy atom. The lowest BCUT2D eigenvalue weighted by Crippen LogP contribution is -2.58. The Morgan fingerprint density at radius 3 is 2.51 bits per heavy atom. The predicted molar refractivity (Wildman–Crippen MR) is 143 cm³/mol. The molecule has 2 aromatic rings. The van der Waals surface area contributed by atoms with Crippen LogP contribution in [0, 0.1) is 12.8 Å². The lowest BCUT2D eigenvalue weighted by molar-refractivity contribution is -0.131. The summed E-state index contributed by atoms with van der Waals surface area (Å²) >= 11 is 0. The predicted octanol–water partition coefficient (Wildman–Crippen LogP) is 2.21. The molecule has 3 aliphatic rings. The minimum absolute atomic E-state index is 0.00929. The summed E-state index contributed by atoms with van der Waals surface area (Å²) in [6.07, 6.45) is 6.74. The first kappa shape index (κ1) is 26.8. The molecule has 4 heterocycles. The highest BCUT2D eigenvalue weighted by atomic mass is 16.4. The van der Waals surface area contributed by atoms with Gasteiger partial charge in [-0.25, -0.2) is 4.79 Å². The topological polar surface area (TPSA) is 149 Å². The quantitative estimate of drug-likeness (QED) is 0.476. The number of nitrogens with zero attached hydrogens (tertiary/aromatic N) is 5. The fourth-order valence-electron chi connectivity index (χ4n) is 6.01. The highest BCUT2D eigenvalue weighted by Crippen LogP contribution is 2.37. The van der Waals surface area contributed by atoms with E-state index in [0.717, 1.165) is 36.6 Å². The molecule has 3 fully saturated rings. The van der Waals surface area contributed by atoms with Crippen LogP contribution in [0.15, 0.2) is 10.9 Å². The fourth-order valence-corrected chi connectivity index (χ4v) is 6.01. The van der Waals surface area contributed by atoms with E-state index in [1.807, 2.05) is 13.8 Å². The standard InChI is InChI=1S/C27H36N6O6/c1-16(2)14-31-23-19(17(3)29-33(23)25(37)21(24(31)36)22(35)28-18-6-7-18)8-9-20(34)32-13-5-11-27(32)10-4-12-30(15-27)26(38)39/h8-9,16,18,36H,4-7,10-15H2,1-3H3,(H,28,35)(H,38,39). The van der Waals surface area contributed by atoms with Crippen LogP contribution in [-0.4, -0.2) is 83.3 Å². The highest BCUT2D eigenvalue weighted by molar-refractivity contribution is 5.97. The van der Waals surface area contributed by atoms with E-state index < -0.39 is 29.0 Å². The number of piperidine rings is 1. The molecule has 1 spiro atoms. The van der Waals surface area contributed by atoms with Gasteiger partial charge in [-0.15, -0.1) is 0 Å². The molecule has 210 valence electrons. The van der Waals surface area contributed by atoms with Crippen LogP contribution in [0.25, 0.3) is 11.7 Å². The van der Waals surface area contributed by atoms with Crippen LogP contribution in [0.1, 0.15) is 74.0 Å². The van der Waals surface area contributed by atoms with Crippen LogP contribution in [0.5, 0.6) is 5.88 Å². The van der Waals surface area contributed by atoms with Crippen molar-refractivity contribution in [2.45, 2.75) is 77.4 Å². The van der Waals surface area contributed by atoms with Crippen molar-refractivity contribution in [3.63, 3.8) is 0 Å².